The van der Waals surface area contributed by atoms with Crippen LogP contribution >= 0.6 is 11.3 Å². The fourth-order valence-electron chi connectivity index (χ4n) is 4.17. The van der Waals surface area contributed by atoms with Gasteiger partial charge < -0.3 is 14.9 Å². The second-order valence-electron chi connectivity index (χ2n) is 7.69. The molecule has 0 saturated carbocycles. The second kappa shape index (κ2) is 6.41. The van der Waals surface area contributed by atoms with E-state index < -0.39 is 5.60 Å². The Morgan fingerprint density at radius 1 is 1.25 bits per heavy atom. The lowest BCUT2D eigenvalue weighted by Crippen LogP contribution is -2.52. The average Bonchev–Trinajstić information content (AvgIpc) is 3.23. The summed E-state index contributed by atoms with van der Waals surface area (Å²) in [6.07, 6.45) is 4.16. The summed E-state index contributed by atoms with van der Waals surface area (Å²) in [6.45, 7) is 5.95. The lowest BCUT2D eigenvalue weighted by Gasteiger charge is -2.36. The van der Waals surface area contributed by atoms with E-state index in [1.807, 2.05) is 4.90 Å². The zero-order valence-electron chi connectivity index (χ0n) is 14.5. The van der Waals surface area contributed by atoms with Gasteiger partial charge in [0.15, 0.2) is 0 Å². The number of carbonyl (C=O) groups is 1. The molecule has 1 N–H and O–H groups in total. The minimum absolute atomic E-state index is 0.115. The standard InChI is InChI=1S/C18H27N3O2S/c1-19-7-9-20(10-8-19)12-18(23)5-6-21(13-18)17(22)16-11-14-3-2-4-15(14)24-16/h11,23H,2-10,12-13H2,1H3/t18-/m1/s1. The zero-order valence-corrected chi connectivity index (χ0v) is 15.3. The molecular formula is C18H27N3O2S. The van der Waals surface area contributed by atoms with Crippen LogP contribution in [0.2, 0.25) is 0 Å². The number of likely N-dealkylation sites (N-methyl/N-ethyl adjacent to an activating group) is 1. The fraction of sp³-hybridized carbons (Fsp3) is 0.722. The third-order valence-electron chi connectivity index (χ3n) is 5.69. The predicted octanol–water partition coefficient (Wildman–Crippen LogP) is 1.06. The molecule has 6 heteroatoms. The van der Waals surface area contributed by atoms with Crippen molar-refractivity contribution >= 4 is 17.2 Å². The molecule has 0 bridgehead atoms. The van der Waals surface area contributed by atoms with Gasteiger partial charge in [0.05, 0.1) is 17.0 Å². The van der Waals surface area contributed by atoms with Crippen molar-refractivity contribution in [1.29, 1.82) is 0 Å². The molecule has 132 valence electrons. The molecule has 5 nitrogen and oxygen atoms in total. The largest absolute Gasteiger partial charge is 0.387 e. The van der Waals surface area contributed by atoms with Gasteiger partial charge in [-0.05, 0) is 44.4 Å². The maximum atomic E-state index is 12.8. The summed E-state index contributed by atoms with van der Waals surface area (Å²) < 4.78 is 0. The van der Waals surface area contributed by atoms with Gasteiger partial charge in [0.1, 0.15) is 0 Å². The molecule has 3 aliphatic rings. The first-order chi connectivity index (χ1) is 11.5. The number of thiophene rings is 1. The monoisotopic (exact) mass is 349 g/mol. The second-order valence-corrected chi connectivity index (χ2v) is 8.83. The van der Waals surface area contributed by atoms with Crippen molar-refractivity contribution in [2.45, 2.75) is 31.3 Å². The molecule has 2 aliphatic heterocycles. The van der Waals surface area contributed by atoms with Gasteiger partial charge in [-0.15, -0.1) is 11.3 Å². The van der Waals surface area contributed by atoms with Crippen LogP contribution in [-0.4, -0.2) is 84.2 Å². The molecule has 1 atom stereocenters. The van der Waals surface area contributed by atoms with Gasteiger partial charge in [-0.2, -0.15) is 0 Å². The maximum absolute atomic E-state index is 12.8. The number of nitrogens with zero attached hydrogens (tertiary/aromatic N) is 3. The van der Waals surface area contributed by atoms with Crippen molar-refractivity contribution in [3.05, 3.63) is 21.4 Å². The van der Waals surface area contributed by atoms with Crippen molar-refractivity contribution in [3.8, 4) is 0 Å². The average molecular weight is 350 g/mol. The van der Waals surface area contributed by atoms with Crippen LogP contribution in [0.4, 0.5) is 0 Å². The Kier molecular flexibility index (Phi) is 4.41. The minimum atomic E-state index is -0.744. The van der Waals surface area contributed by atoms with E-state index in [1.165, 1.54) is 16.9 Å². The van der Waals surface area contributed by atoms with Gasteiger partial charge in [0.25, 0.3) is 5.91 Å². The number of β-amino-alcohol motifs (C(OH)–C–C–N with tert-alkyl or cyclic N) is 1. The molecule has 1 amide bonds. The number of likely N-dealkylation sites (tertiary alicyclic amines) is 1. The third-order valence-corrected chi connectivity index (χ3v) is 6.92. The maximum Gasteiger partial charge on any atom is 0.264 e. The van der Waals surface area contributed by atoms with Crippen molar-refractivity contribution in [3.63, 3.8) is 0 Å². The normalized spacial score (nSPS) is 28.5. The highest BCUT2D eigenvalue weighted by molar-refractivity contribution is 7.14. The minimum Gasteiger partial charge on any atom is -0.387 e. The van der Waals surface area contributed by atoms with E-state index in [4.69, 9.17) is 0 Å². The molecule has 1 aliphatic carbocycles. The van der Waals surface area contributed by atoms with E-state index in [1.54, 1.807) is 11.3 Å². The van der Waals surface area contributed by atoms with Crippen LogP contribution in [-0.2, 0) is 12.8 Å². The van der Waals surface area contributed by atoms with Gasteiger partial charge in [0, 0.05) is 44.1 Å². The molecule has 2 saturated heterocycles. The lowest BCUT2D eigenvalue weighted by atomic mass is 10.0. The summed E-state index contributed by atoms with van der Waals surface area (Å²) >= 11 is 1.66. The predicted molar refractivity (Wildman–Crippen MR) is 95.8 cm³/mol. The molecule has 1 aromatic heterocycles. The molecule has 0 aromatic carbocycles. The van der Waals surface area contributed by atoms with E-state index >= 15 is 0 Å². The number of aliphatic hydroxyl groups is 1. The summed E-state index contributed by atoms with van der Waals surface area (Å²) in [6, 6.07) is 2.09. The Morgan fingerprint density at radius 3 is 2.79 bits per heavy atom. The van der Waals surface area contributed by atoms with E-state index in [-0.39, 0.29) is 5.91 Å². The molecular weight excluding hydrogens is 322 g/mol. The zero-order chi connectivity index (χ0) is 16.7. The highest BCUT2D eigenvalue weighted by Crippen LogP contribution is 2.32. The first-order valence-electron chi connectivity index (χ1n) is 9.07. The van der Waals surface area contributed by atoms with Crippen LogP contribution < -0.4 is 0 Å². The number of amides is 1. The van der Waals surface area contributed by atoms with Gasteiger partial charge in [-0.3, -0.25) is 9.69 Å². The highest BCUT2D eigenvalue weighted by atomic mass is 32.1. The summed E-state index contributed by atoms with van der Waals surface area (Å²) in [4.78, 5) is 21.6. The van der Waals surface area contributed by atoms with Gasteiger partial charge in [0.2, 0.25) is 0 Å². The topological polar surface area (TPSA) is 47.0 Å². The number of rotatable bonds is 3. The summed E-state index contributed by atoms with van der Waals surface area (Å²) in [5, 5.41) is 10.9. The Labute approximate surface area is 147 Å². The Balaban J connectivity index is 1.37. The highest BCUT2D eigenvalue weighted by Gasteiger charge is 2.40. The SMILES string of the molecule is CN1CCN(C[C@]2(O)CCN(C(=O)c3cc4c(s3)CCC4)C2)CC1. The van der Waals surface area contributed by atoms with Gasteiger partial charge in [-0.25, -0.2) is 0 Å². The fourth-order valence-corrected chi connectivity index (χ4v) is 5.39. The quantitative estimate of drug-likeness (QED) is 0.887. The lowest BCUT2D eigenvalue weighted by molar-refractivity contribution is 0.000564. The van der Waals surface area contributed by atoms with E-state index in [2.05, 4.69) is 22.9 Å². The number of carbonyl (C=O) groups excluding carboxylic acids is 1. The number of piperazine rings is 1. The Morgan fingerprint density at radius 2 is 2.04 bits per heavy atom. The van der Waals surface area contributed by atoms with Crippen LogP contribution in [0.3, 0.4) is 0 Å². The van der Waals surface area contributed by atoms with Crippen LogP contribution in [0.15, 0.2) is 6.07 Å². The molecule has 24 heavy (non-hydrogen) atoms. The van der Waals surface area contributed by atoms with Crippen molar-refractivity contribution < 1.29 is 9.90 Å². The number of hydrogen-bond acceptors (Lipinski definition) is 5. The smallest absolute Gasteiger partial charge is 0.264 e. The summed E-state index contributed by atoms with van der Waals surface area (Å²) in [5.41, 5.74) is 0.626. The van der Waals surface area contributed by atoms with Crippen molar-refractivity contribution in [1.82, 2.24) is 14.7 Å². The molecule has 0 radical (unpaired) electrons. The van der Waals surface area contributed by atoms with E-state index in [9.17, 15) is 9.90 Å². The number of hydrogen-bond donors (Lipinski definition) is 1. The molecule has 4 rings (SSSR count). The van der Waals surface area contributed by atoms with Gasteiger partial charge >= 0.3 is 0 Å². The van der Waals surface area contributed by atoms with E-state index in [0.29, 0.717) is 26.1 Å². The Hall–Kier alpha value is -0.950. The first kappa shape index (κ1) is 16.5. The van der Waals surface area contributed by atoms with Crippen LogP contribution in [0, 0.1) is 0 Å². The van der Waals surface area contributed by atoms with Crippen LogP contribution in [0.1, 0.15) is 33.0 Å². The first-order valence-corrected chi connectivity index (χ1v) is 9.88. The van der Waals surface area contributed by atoms with Gasteiger partial charge in [-0.1, -0.05) is 0 Å². The van der Waals surface area contributed by atoms with Crippen molar-refractivity contribution in [2.24, 2.45) is 0 Å². The Bertz CT molecular complexity index is 602. The molecule has 1 aromatic rings. The molecule has 3 heterocycles. The number of fused-ring (bicyclic) bond motifs is 1. The summed E-state index contributed by atoms with van der Waals surface area (Å²) in [7, 11) is 2.14. The number of aryl methyl sites for hydroxylation is 2. The van der Waals surface area contributed by atoms with Crippen LogP contribution in [0.5, 0.6) is 0 Å². The molecule has 0 spiro atoms. The van der Waals surface area contributed by atoms with E-state index in [0.717, 1.165) is 43.9 Å². The van der Waals surface area contributed by atoms with Crippen LogP contribution in [0.25, 0.3) is 0 Å². The van der Waals surface area contributed by atoms with Crippen molar-refractivity contribution in [2.75, 3.05) is 52.9 Å². The third kappa shape index (κ3) is 3.25. The molecule has 2 fully saturated rings. The molecule has 0 unspecified atom stereocenters. The summed E-state index contributed by atoms with van der Waals surface area (Å²) in [5.74, 6) is 0.115.